The number of pyridine rings is 1. The molecule has 0 spiro atoms. The molecule has 2 nitrogen and oxygen atoms in total. The molecule has 0 fully saturated rings. The second-order valence-corrected chi connectivity index (χ2v) is 6.59. The third kappa shape index (κ3) is 3.08. The predicted octanol–water partition coefficient (Wildman–Crippen LogP) is 5.64. The van der Waals surface area contributed by atoms with E-state index in [9.17, 15) is 17.3 Å². The van der Waals surface area contributed by atoms with Gasteiger partial charge in [-0.25, -0.2) is 0 Å². The van der Waals surface area contributed by atoms with Gasteiger partial charge < -0.3 is 17.3 Å². The molecule has 0 amide bonds. The lowest BCUT2D eigenvalue weighted by molar-refractivity contribution is -0.548. The first-order valence-electron chi connectivity index (χ1n) is 7.79. The number of nitrogens with zero attached hydrogens (tertiary/aromatic N) is 2. The van der Waals surface area contributed by atoms with Gasteiger partial charge in [0.1, 0.15) is 5.52 Å². The van der Waals surface area contributed by atoms with Crippen molar-refractivity contribution in [3.63, 3.8) is 0 Å². The van der Waals surface area contributed by atoms with E-state index in [2.05, 4.69) is 64.5 Å². The van der Waals surface area contributed by atoms with E-state index in [4.69, 9.17) is 5.10 Å². The molecule has 5 aromatic rings. The van der Waals surface area contributed by atoms with E-state index < -0.39 is 7.25 Å². The Labute approximate surface area is 149 Å². The van der Waals surface area contributed by atoms with Crippen molar-refractivity contribution in [2.45, 2.75) is 0 Å². The van der Waals surface area contributed by atoms with Gasteiger partial charge in [-0.1, -0.05) is 30.3 Å². The van der Waals surface area contributed by atoms with E-state index in [-0.39, 0.29) is 0 Å². The van der Waals surface area contributed by atoms with Crippen LogP contribution in [0.15, 0.2) is 66.0 Å². The summed E-state index contributed by atoms with van der Waals surface area (Å²) in [6.45, 7) is 0. The first kappa shape index (κ1) is 16.7. The molecule has 3 heterocycles. The van der Waals surface area contributed by atoms with Crippen LogP contribution < -0.4 is 4.52 Å². The summed E-state index contributed by atoms with van der Waals surface area (Å²) in [5.74, 6) is 0. The summed E-state index contributed by atoms with van der Waals surface area (Å²) in [6.07, 6.45) is 0. The lowest BCUT2D eigenvalue weighted by Gasteiger charge is -2.00. The van der Waals surface area contributed by atoms with Gasteiger partial charge in [-0.05, 0) is 28.1 Å². The molecule has 0 bridgehead atoms. The number of thiophene rings is 1. The zero-order valence-corrected chi connectivity index (χ0v) is 14.1. The Bertz CT molecular complexity index is 1240. The molecule has 0 N–H and O–H groups in total. The zero-order valence-electron chi connectivity index (χ0n) is 13.2. The van der Waals surface area contributed by atoms with Crippen LogP contribution in [0.2, 0.25) is 0 Å². The third-order valence-corrected chi connectivity index (χ3v) is 4.93. The molecular weight excluding hydrogens is 363 g/mol. The van der Waals surface area contributed by atoms with Crippen molar-refractivity contribution in [1.29, 1.82) is 0 Å². The third-order valence-electron chi connectivity index (χ3n) is 3.98. The minimum Gasteiger partial charge on any atom is -0.418 e. The van der Waals surface area contributed by atoms with Gasteiger partial charge in [0.15, 0.2) is 0 Å². The van der Waals surface area contributed by atoms with Gasteiger partial charge in [0.2, 0.25) is 11.0 Å². The molecule has 0 aliphatic carbocycles. The highest BCUT2D eigenvalue weighted by Gasteiger charge is 2.20. The van der Waals surface area contributed by atoms with Crippen LogP contribution in [0.25, 0.3) is 37.4 Å². The number of rotatable bonds is 0. The van der Waals surface area contributed by atoms with Gasteiger partial charge >= 0.3 is 7.25 Å². The van der Waals surface area contributed by atoms with Crippen LogP contribution in [0.1, 0.15) is 0 Å². The Kier molecular flexibility index (Phi) is 3.99. The first-order valence-corrected chi connectivity index (χ1v) is 8.67. The van der Waals surface area contributed by atoms with Crippen molar-refractivity contribution in [1.82, 2.24) is 5.10 Å². The highest BCUT2D eigenvalue weighted by Crippen LogP contribution is 2.30. The second-order valence-electron chi connectivity index (χ2n) is 5.68. The van der Waals surface area contributed by atoms with E-state index in [1.165, 1.54) is 26.4 Å². The molecule has 0 saturated heterocycles. The van der Waals surface area contributed by atoms with Crippen LogP contribution in [0.3, 0.4) is 0 Å². The maximum absolute atomic E-state index is 9.75. The average Bonchev–Trinajstić information content (AvgIpc) is 3.09. The largest absolute Gasteiger partial charge is 0.673 e. The van der Waals surface area contributed by atoms with Crippen molar-refractivity contribution >= 4 is 56.0 Å². The summed E-state index contributed by atoms with van der Waals surface area (Å²) in [7, 11) is -6.00. The monoisotopic (exact) mass is 374 g/mol. The highest BCUT2D eigenvalue weighted by molar-refractivity contribution is 7.18. The van der Waals surface area contributed by atoms with Crippen LogP contribution in [-0.4, -0.2) is 12.4 Å². The quantitative estimate of drug-likeness (QED) is 0.113. The van der Waals surface area contributed by atoms with Gasteiger partial charge in [-0.15, -0.1) is 11.3 Å². The number of para-hydroxylation sites is 1. The smallest absolute Gasteiger partial charge is 0.418 e. The first-order chi connectivity index (χ1) is 12.4. The van der Waals surface area contributed by atoms with Crippen molar-refractivity contribution < 1.29 is 21.8 Å². The fourth-order valence-corrected chi connectivity index (χ4v) is 3.96. The maximum atomic E-state index is 9.75. The fourth-order valence-electron chi connectivity index (χ4n) is 3.02. The summed E-state index contributed by atoms with van der Waals surface area (Å²) >= 11 is 1.80. The molecule has 3 aromatic heterocycles. The molecule has 0 radical (unpaired) electrons. The molecule has 0 atom stereocenters. The number of aromatic nitrogens is 2. The Balaban J connectivity index is 0.000000301. The molecule has 130 valence electrons. The summed E-state index contributed by atoms with van der Waals surface area (Å²) in [5.41, 5.74) is 3.35. The van der Waals surface area contributed by atoms with E-state index in [0.29, 0.717) is 0 Å². The van der Waals surface area contributed by atoms with Crippen LogP contribution in [0, 0.1) is 0 Å². The van der Waals surface area contributed by atoms with Crippen LogP contribution in [-0.2, 0) is 0 Å². The number of benzene rings is 2. The molecule has 0 unspecified atom stereocenters. The van der Waals surface area contributed by atoms with Crippen molar-refractivity contribution in [3.8, 4) is 0 Å². The van der Waals surface area contributed by atoms with Gasteiger partial charge in [-0.2, -0.15) is 0 Å². The number of hydrogen-bond donors (Lipinski definition) is 0. The molecule has 0 aliphatic rings. The molecule has 26 heavy (non-hydrogen) atoms. The van der Waals surface area contributed by atoms with E-state index >= 15 is 0 Å². The van der Waals surface area contributed by atoms with Crippen molar-refractivity contribution in [2.24, 2.45) is 0 Å². The Morgan fingerprint density at radius 2 is 1.46 bits per heavy atom. The topological polar surface area (TPSA) is 17.0 Å². The van der Waals surface area contributed by atoms with Gasteiger partial charge in [-0.3, -0.25) is 0 Å². The summed E-state index contributed by atoms with van der Waals surface area (Å²) in [6, 6.07) is 21.2. The lowest BCUT2D eigenvalue weighted by atomic mass is 10.1. The summed E-state index contributed by atoms with van der Waals surface area (Å²) in [4.78, 5) is 0. The SMILES string of the molecule is F[B-](F)(F)F.c1ccc2n[n+]3c4ccccc4c4sccc4c3cc2c1. The molecule has 5 rings (SSSR count). The molecular formula is C18H11BF4N2S. The van der Waals surface area contributed by atoms with E-state index in [0.717, 1.165) is 11.0 Å². The molecule has 0 aliphatic heterocycles. The highest BCUT2D eigenvalue weighted by atomic mass is 32.1. The Morgan fingerprint density at radius 1 is 0.808 bits per heavy atom. The standard InChI is InChI=1S/C18H11N2S.BF4/c1-3-7-15-12(5-1)11-17-14-9-10-21-18(14)13-6-2-4-8-16(13)20(17)19-15;2-1(3,4)5/h1-11H;/q+1;-1. The minimum absolute atomic E-state index is 1.02. The van der Waals surface area contributed by atoms with Gasteiger partial charge in [0, 0.05) is 22.6 Å². The van der Waals surface area contributed by atoms with Gasteiger partial charge in [0.25, 0.3) is 0 Å². The Hall–Kier alpha value is -2.74. The summed E-state index contributed by atoms with van der Waals surface area (Å²) < 4.78 is 42.4. The van der Waals surface area contributed by atoms with Crippen LogP contribution in [0.5, 0.6) is 0 Å². The van der Waals surface area contributed by atoms with E-state index in [1.807, 2.05) is 6.07 Å². The predicted molar refractivity (Wildman–Crippen MR) is 98.0 cm³/mol. The van der Waals surface area contributed by atoms with Crippen molar-refractivity contribution in [2.75, 3.05) is 0 Å². The minimum atomic E-state index is -6.00. The summed E-state index contributed by atoms with van der Waals surface area (Å²) in [5, 5.41) is 10.7. The van der Waals surface area contributed by atoms with Crippen molar-refractivity contribution in [3.05, 3.63) is 66.0 Å². The fraction of sp³-hybridized carbons (Fsp3) is 0. The van der Waals surface area contributed by atoms with Crippen LogP contribution in [0.4, 0.5) is 17.3 Å². The lowest BCUT2D eigenvalue weighted by Crippen LogP contribution is -2.27. The maximum Gasteiger partial charge on any atom is 0.673 e. The molecule has 0 saturated carbocycles. The normalized spacial score (nSPS) is 11.8. The van der Waals surface area contributed by atoms with E-state index in [1.54, 1.807) is 11.3 Å². The average molecular weight is 374 g/mol. The second kappa shape index (κ2) is 6.21. The molecule has 2 aromatic carbocycles. The molecule has 8 heteroatoms. The number of fused-ring (bicyclic) bond motifs is 7. The van der Waals surface area contributed by atoms with Gasteiger partial charge in [0.05, 0.1) is 15.5 Å². The Morgan fingerprint density at radius 3 is 2.27 bits per heavy atom. The van der Waals surface area contributed by atoms with Crippen LogP contribution >= 0.6 is 11.3 Å². The number of halogens is 4. The number of hydrogen-bond acceptors (Lipinski definition) is 2. The zero-order chi connectivity index (χ0) is 18.3.